The average Bonchev–Trinajstić information content (AvgIpc) is 2.59. The van der Waals surface area contributed by atoms with Gasteiger partial charge in [0, 0.05) is 19.6 Å². The number of hydrogen-bond acceptors (Lipinski definition) is 4. The van der Waals surface area contributed by atoms with Crippen LogP contribution in [0.4, 0.5) is 0 Å². The van der Waals surface area contributed by atoms with Crippen LogP contribution in [0, 0.1) is 0 Å². The maximum absolute atomic E-state index is 13.2. The summed E-state index contributed by atoms with van der Waals surface area (Å²) in [5.74, 6) is -0.122. The van der Waals surface area contributed by atoms with Gasteiger partial charge in [-0.15, -0.1) is 0 Å². The van der Waals surface area contributed by atoms with Crippen molar-refractivity contribution in [3.8, 4) is 0 Å². The van der Waals surface area contributed by atoms with E-state index in [0.717, 1.165) is 11.1 Å². The van der Waals surface area contributed by atoms with E-state index in [2.05, 4.69) is 0 Å². The van der Waals surface area contributed by atoms with Crippen LogP contribution in [0.3, 0.4) is 0 Å². The maximum atomic E-state index is 13.2. The molecule has 0 N–H and O–H groups in total. The number of nitrogens with zero attached hydrogens (tertiary/aromatic N) is 2. The van der Waals surface area contributed by atoms with Gasteiger partial charge in [0.05, 0.1) is 18.0 Å². The number of carbonyl (C=O) groups excluding carboxylic acids is 1. The first kappa shape index (κ1) is 18.4. The Balaban J connectivity index is 1.92. The van der Waals surface area contributed by atoms with Gasteiger partial charge in [0.2, 0.25) is 15.9 Å². The van der Waals surface area contributed by atoms with Crippen LogP contribution >= 0.6 is 0 Å². The van der Waals surface area contributed by atoms with Gasteiger partial charge in [-0.3, -0.25) is 4.79 Å². The van der Waals surface area contributed by atoms with E-state index in [1.807, 2.05) is 38.1 Å². The molecule has 0 radical (unpaired) electrons. The fraction of sp³-hybridized carbons (Fsp3) is 0.611. The van der Waals surface area contributed by atoms with Crippen molar-refractivity contribution in [2.75, 3.05) is 18.8 Å². The summed E-state index contributed by atoms with van der Waals surface area (Å²) < 4.78 is 32.3. The zero-order chi connectivity index (χ0) is 18.2. The molecule has 1 saturated heterocycles. The normalized spacial score (nSPS) is 27.8. The molecule has 2 aliphatic heterocycles. The van der Waals surface area contributed by atoms with E-state index in [1.54, 1.807) is 11.8 Å². The van der Waals surface area contributed by atoms with Crippen LogP contribution in [0.1, 0.15) is 31.9 Å². The van der Waals surface area contributed by atoms with Crippen molar-refractivity contribution in [3.63, 3.8) is 0 Å². The molecule has 2 heterocycles. The number of fused-ring (bicyclic) bond motifs is 1. The predicted octanol–water partition coefficient (Wildman–Crippen LogP) is 1.40. The van der Waals surface area contributed by atoms with Crippen LogP contribution in [-0.2, 0) is 32.5 Å². The van der Waals surface area contributed by atoms with Crippen molar-refractivity contribution in [2.45, 2.75) is 52.0 Å². The number of hydrogen-bond donors (Lipinski definition) is 0. The van der Waals surface area contributed by atoms with Crippen molar-refractivity contribution < 1.29 is 17.9 Å². The van der Waals surface area contributed by atoms with E-state index < -0.39 is 16.1 Å². The number of sulfonamides is 1. The molecule has 1 fully saturated rings. The third-order valence-electron chi connectivity index (χ3n) is 4.94. The molecule has 3 unspecified atom stereocenters. The smallest absolute Gasteiger partial charge is 0.241 e. The Morgan fingerprint density at radius 1 is 1.16 bits per heavy atom. The van der Waals surface area contributed by atoms with Gasteiger partial charge >= 0.3 is 0 Å². The largest absolute Gasteiger partial charge is 0.372 e. The number of carbonyl (C=O) groups is 1. The van der Waals surface area contributed by atoms with Crippen LogP contribution < -0.4 is 0 Å². The number of rotatable bonds is 3. The standard InChI is InChI=1S/C18H26N2O4S/c1-4-25(22,23)20-12-16-8-6-5-7-15(16)9-17(20)18(21)19-10-13(2)24-14(3)11-19/h5-8,13-14,17H,4,9-12H2,1-3H3. The second-order valence-corrected chi connectivity index (χ2v) is 9.15. The molecule has 25 heavy (non-hydrogen) atoms. The molecule has 1 aromatic carbocycles. The molecule has 1 aromatic rings. The number of amides is 1. The summed E-state index contributed by atoms with van der Waals surface area (Å²) in [6, 6.07) is 7.09. The molecular weight excluding hydrogens is 340 g/mol. The lowest BCUT2D eigenvalue weighted by molar-refractivity contribution is -0.147. The van der Waals surface area contributed by atoms with Gasteiger partial charge in [-0.1, -0.05) is 24.3 Å². The molecule has 3 atom stereocenters. The topological polar surface area (TPSA) is 66.9 Å². The second kappa shape index (κ2) is 7.05. The highest BCUT2D eigenvalue weighted by Crippen LogP contribution is 2.28. The molecule has 0 spiro atoms. The van der Waals surface area contributed by atoms with Crippen molar-refractivity contribution in [1.82, 2.24) is 9.21 Å². The molecule has 0 saturated carbocycles. The van der Waals surface area contributed by atoms with Crippen molar-refractivity contribution in [3.05, 3.63) is 35.4 Å². The number of morpholine rings is 1. The Morgan fingerprint density at radius 3 is 2.36 bits per heavy atom. The van der Waals surface area contributed by atoms with E-state index in [0.29, 0.717) is 19.5 Å². The monoisotopic (exact) mass is 366 g/mol. The van der Waals surface area contributed by atoms with Crippen LogP contribution in [0.15, 0.2) is 24.3 Å². The molecule has 2 aliphatic rings. The summed E-state index contributed by atoms with van der Waals surface area (Å²) in [5.41, 5.74) is 2.03. The average molecular weight is 366 g/mol. The quantitative estimate of drug-likeness (QED) is 0.811. The lowest BCUT2D eigenvalue weighted by Crippen LogP contribution is -2.57. The first-order chi connectivity index (χ1) is 11.8. The molecule has 7 heteroatoms. The van der Waals surface area contributed by atoms with Gasteiger partial charge < -0.3 is 9.64 Å². The Kier molecular flexibility index (Phi) is 5.18. The maximum Gasteiger partial charge on any atom is 0.241 e. The Hall–Kier alpha value is -1.44. The summed E-state index contributed by atoms with van der Waals surface area (Å²) in [4.78, 5) is 15.0. The first-order valence-electron chi connectivity index (χ1n) is 8.82. The predicted molar refractivity (Wildman–Crippen MR) is 95.5 cm³/mol. The van der Waals surface area contributed by atoms with Gasteiger partial charge in [-0.05, 0) is 38.3 Å². The van der Waals surface area contributed by atoms with E-state index in [1.165, 1.54) is 4.31 Å². The highest BCUT2D eigenvalue weighted by Gasteiger charge is 2.41. The van der Waals surface area contributed by atoms with Crippen molar-refractivity contribution >= 4 is 15.9 Å². The van der Waals surface area contributed by atoms with Crippen LogP contribution in [0.5, 0.6) is 0 Å². The zero-order valence-corrected chi connectivity index (χ0v) is 15.8. The van der Waals surface area contributed by atoms with Crippen LogP contribution in [-0.4, -0.2) is 60.6 Å². The third kappa shape index (κ3) is 3.73. The van der Waals surface area contributed by atoms with E-state index in [-0.39, 0.29) is 30.4 Å². The summed E-state index contributed by atoms with van der Waals surface area (Å²) in [6.45, 7) is 6.76. The Labute approximate surface area is 149 Å². The lowest BCUT2D eigenvalue weighted by Gasteiger charge is -2.41. The summed E-state index contributed by atoms with van der Waals surface area (Å²) in [6.07, 6.45) is 0.341. The molecule has 6 nitrogen and oxygen atoms in total. The molecule has 1 amide bonds. The van der Waals surface area contributed by atoms with Crippen LogP contribution in [0.2, 0.25) is 0 Å². The minimum absolute atomic E-state index is 0.00510. The summed E-state index contributed by atoms with van der Waals surface area (Å²) in [5, 5.41) is 0. The van der Waals surface area contributed by atoms with Gasteiger partial charge in [0.1, 0.15) is 6.04 Å². The first-order valence-corrected chi connectivity index (χ1v) is 10.4. The van der Waals surface area contributed by atoms with Crippen molar-refractivity contribution in [1.29, 1.82) is 0 Å². The lowest BCUT2D eigenvalue weighted by atomic mass is 9.95. The second-order valence-electron chi connectivity index (χ2n) is 6.93. The SMILES string of the molecule is CCS(=O)(=O)N1Cc2ccccc2CC1C(=O)N1CC(C)OC(C)C1. The van der Waals surface area contributed by atoms with E-state index in [9.17, 15) is 13.2 Å². The highest BCUT2D eigenvalue weighted by molar-refractivity contribution is 7.89. The van der Waals surface area contributed by atoms with Gasteiger partial charge in [0.25, 0.3) is 0 Å². The number of ether oxygens (including phenoxy) is 1. The molecule has 0 bridgehead atoms. The van der Waals surface area contributed by atoms with Crippen LogP contribution in [0.25, 0.3) is 0 Å². The third-order valence-corrected chi connectivity index (χ3v) is 6.77. The minimum Gasteiger partial charge on any atom is -0.372 e. The van der Waals surface area contributed by atoms with Gasteiger partial charge in [-0.2, -0.15) is 4.31 Å². The fourth-order valence-electron chi connectivity index (χ4n) is 3.74. The highest BCUT2D eigenvalue weighted by atomic mass is 32.2. The molecule has 138 valence electrons. The minimum atomic E-state index is -3.47. The number of benzene rings is 1. The van der Waals surface area contributed by atoms with Crippen molar-refractivity contribution in [2.24, 2.45) is 0 Å². The Bertz CT molecular complexity index is 739. The summed E-state index contributed by atoms with van der Waals surface area (Å²) >= 11 is 0. The van der Waals surface area contributed by atoms with Gasteiger partial charge in [-0.25, -0.2) is 8.42 Å². The summed E-state index contributed by atoms with van der Waals surface area (Å²) in [7, 11) is -3.47. The fourth-order valence-corrected chi connectivity index (χ4v) is 4.96. The molecule has 3 rings (SSSR count). The molecule has 0 aromatic heterocycles. The molecule has 0 aliphatic carbocycles. The molecular formula is C18H26N2O4S. The van der Waals surface area contributed by atoms with Gasteiger partial charge in [0.15, 0.2) is 0 Å². The zero-order valence-electron chi connectivity index (χ0n) is 15.0. The van der Waals surface area contributed by atoms with E-state index >= 15 is 0 Å². The Morgan fingerprint density at radius 2 is 1.76 bits per heavy atom. The van der Waals surface area contributed by atoms with E-state index in [4.69, 9.17) is 4.74 Å².